The number of fused-ring (bicyclic) bond motifs is 1. The third kappa shape index (κ3) is 3.96. The van der Waals surface area contributed by atoms with Gasteiger partial charge in [0, 0.05) is 13.1 Å². The van der Waals surface area contributed by atoms with Gasteiger partial charge in [0.05, 0.1) is 11.9 Å². The number of carbonyl (C=O) groups is 1. The van der Waals surface area contributed by atoms with E-state index in [2.05, 4.69) is 28.0 Å². The predicted molar refractivity (Wildman–Crippen MR) is 98.7 cm³/mol. The summed E-state index contributed by atoms with van der Waals surface area (Å²) in [5, 5.41) is 4.13. The van der Waals surface area contributed by atoms with Gasteiger partial charge < -0.3 is 10.6 Å². The van der Waals surface area contributed by atoms with E-state index in [1.807, 2.05) is 49.5 Å². The van der Waals surface area contributed by atoms with Gasteiger partial charge in [-0.2, -0.15) is 0 Å². The monoisotopic (exact) mass is 337 g/mol. The minimum Gasteiger partial charge on any atom is -0.370 e. The smallest absolute Gasteiger partial charge is 0.288 e. The number of primary amides is 1. The number of amides is 1. The maximum Gasteiger partial charge on any atom is 0.288 e. The minimum absolute atomic E-state index is 0.0649. The van der Waals surface area contributed by atoms with E-state index in [-0.39, 0.29) is 5.82 Å². The molecule has 6 heteroatoms. The summed E-state index contributed by atoms with van der Waals surface area (Å²) in [5.74, 6) is 0.183. The third-order valence-corrected chi connectivity index (χ3v) is 4.28. The van der Waals surface area contributed by atoms with Crippen LogP contribution in [-0.2, 0) is 0 Å². The summed E-state index contributed by atoms with van der Waals surface area (Å²) in [6.45, 7) is 6.34. The van der Waals surface area contributed by atoms with Crippen molar-refractivity contribution in [2.75, 3.05) is 18.0 Å². The van der Waals surface area contributed by atoms with Gasteiger partial charge >= 0.3 is 0 Å². The third-order valence-electron chi connectivity index (χ3n) is 4.28. The Hall–Kier alpha value is -2.89. The van der Waals surface area contributed by atoms with E-state index in [9.17, 15) is 4.79 Å². The number of pyridine rings is 1. The molecule has 0 bridgehead atoms. The lowest BCUT2D eigenvalue weighted by Gasteiger charge is -2.18. The van der Waals surface area contributed by atoms with Gasteiger partial charge in [-0.25, -0.2) is 9.50 Å². The van der Waals surface area contributed by atoms with E-state index >= 15 is 0 Å². The molecule has 0 aliphatic carbocycles. The van der Waals surface area contributed by atoms with Crippen molar-refractivity contribution >= 4 is 17.2 Å². The SMILES string of the molecule is Cc1cc(N2CCC(C)C2)cn2nc(C(N)=O)nc12.c1ccccc1. The lowest BCUT2D eigenvalue weighted by molar-refractivity contribution is 0.0990. The van der Waals surface area contributed by atoms with Crippen molar-refractivity contribution < 1.29 is 4.79 Å². The number of hydrogen-bond donors (Lipinski definition) is 1. The van der Waals surface area contributed by atoms with Crippen LogP contribution in [0.1, 0.15) is 29.5 Å². The molecule has 2 N–H and O–H groups in total. The molecule has 0 spiro atoms. The van der Waals surface area contributed by atoms with Crippen LogP contribution in [0.15, 0.2) is 48.7 Å². The highest BCUT2D eigenvalue weighted by Crippen LogP contribution is 2.25. The molecule has 4 rings (SSSR count). The van der Waals surface area contributed by atoms with E-state index in [1.165, 1.54) is 6.42 Å². The van der Waals surface area contributed by atoms with Crippen LogP contribution in [0.3, 0.4) is 0 Å². The van der Waals surface area contributed by atoms with Crippen LogP contribution in [0, 0.1) is 12.8 Å². The number of hydrogen-bond acceptors (Lipinski definition) is 4. The van der Waals surface area contributed by atoms with E-state index in [0.717, 1.165) is 24.3 Å². The summed E-state index contributed by atoms with van der Waals surface area (Å²) in [6.07, 6.45) is 3.13. The molecule has 6 nitrogen and oxygen atoms in total. The van der Waals surface area contributed by atoms with Gasteiger partial charge in [-0.05, 0) is 30.9 Å². The average molecular weight is 337 g/mol. The van der Waals surface area contributed by atoms with Crippen molar-refractivity contribution in [2.45, 2.75) is 20.3 Å². The lowest BCUT2D eigenvalue weighted by atomic mass is 10.2. The maximum atomic E-state index is 11.1. The van der Waals surface area contributed by atoms with Crippen molar-refractivity contribution in [1.29, 1.82) is 0 Å². The molecule has 25 heavy (non-hydrogen) atoms. The zero-order chi connectivity index (χ0) is 17.8. The zero-order valence-corrected chi connectivity index (χ0v) is 14.6. The molecule has 1 aliphatic heterocycles. The lowest BCUT2D eigenvalue weighted by Crippen LogP contribution is -2.19. The largest absolute Gasteiger partial charge is 0.370 e. The Bertz CT molecular complexity index is 832. The molecule has 1 amide bonds. The molecule has 3 aromatic rings. The van der Waals surface area contributed by atoms with E-state index in [0.29, 0.717) is 11.6 Å². The Kier molecular flexibility index (Phi) is 4.97. The Balaban J connectivity index is 0.000000258. The molecule has 2 aromatic heterocycles. The predicted octanol–water partition coefficient (Wildman–Crippen LogP) is 2.67. The maximum absolute atomic E-state index is 11.1. The average Bonchev–Trinajstić information content (AvgIpc) is 3.23. The number of aromatic nitrogens is 3. The summed E-state index contributed by atoms with van der Waals surface area (Å²) in [5.41, 5.74) is 8.02. The number of nitrogens with two attached hydrogens (primary N) is 1. The van der Waals surface area contributed by atoms with Gasteiger partial charge in [-0.1, -0.05) is 43.3 Å². The van der Waals surface area contributed by atoms with Gasteiger partial charge in [0.25, 0.3) is 5.91 Å². The topological polar surface area (TPSA) is 76.5 Å². The first-order valence-electron chi connectivity index (χ1n) is 8.46. The molecule has 130 valence electrons. The van der Waals surface area contributed by atoms with Crippen LogP contribution in [0.25, 0.3) is 5.65 Å². The zero-order valence-electron chi connectivity index (χ0n) is 14.6. The van der Waals surface area contributed by atoms with E-state index in [4.69, 9.17) is 5.73 Å². The highest BCUT2D eigenvalue weighted by molar-refractivity contribution is 5.89. The van der Waals surface area contributed by atoms with Gasteiger partial charge in [-0.3, -0.25) is 4.79 Å². The minimum atomic E-state index is -0.598. The fourth-order valence-corrected chi connectivity index (χ4v) is 2.96. The number of aryl methyl sites for hydroxylation is 1. The summed E-state index contributed by atoms with van der Waals surface area (Å²) in [4.78, 5) is 17.6. The number of anilines is 1. The van der Waals surface area contributed by atoms with Crippen LogP contribution in [0.2, 0.25) is 0 Å². The van der Waals surface area contributed by atoms with Gasteiger partial charge in [0.15, 0.2) is 5.65 Å². The summed E-state index contributed by atoms with van der Waals surface area (Å²) < 4.78 is 1.65. The molecular weight excluding hydrogens is 314 g/mol. The van der Waals surface area contributed by atoms with Crippen molar-refractivity contribution in [3.63, 3.8) is 0 Å². The molecule has 1 atom stereocenters. The van der Waals surface area contributed by atoms with Crippen LogP contribution < -0.4 is 10.6 Å². The first kappa shape index (κ1) is 17.0. The van der Waals surface area contributed by atoms with Crippen LogP contribution in [0.4, 0.5) is 5.69 Å². The molecule has 0 radical (unpaired) electrons. The van der Waals surface area contributed by atoms with Gasteiger partial charge in [0.1, 0.15) is 0 Å². The first-order chi connectivity index (χ1) is 12.0. The van der Waals surface area contributed by atoms with Crippen LogP contribution in [-0.4, -0.2) is 33.6 Å². The summed E-state index contributed by atoms with van der Waals surface area (Å²) in [6, 6.07) is 14.1. The van der Waals surface area contributed by atoms with Crippen LogP contribution in [0.5, 0.6) is 0 Å². The summed E-state index contributed by atoms with van der Waals surface area (Å²) >= 11 is 0. The molecule has 3 heterocycles. The molecule has 1 saturated heterocycles. The second-order valence-electron chi connectivity index (χ2n) is 6.44. The fraction of sp³-hybridized carbons (Fsp3) is 0.316. The van der Waals surface area contributed by atoms with E-state index < -0.39 is 5.91 Å². The Morgan fingerprint density at radius 2 is 1.84 bits per heavy atom. The standard InChI is InChI=1S/C13H17N5O.C6H6/c1-8-3-4-17(6-8)10-5-9(2)13-15-12(11(14)19)16-18(13)7-10;1-2-4-6-5-3-1/h5,7-8H,3-4,6H2,1-2H3,(H2,14,19);1-6H. The summed E-state index contributed by atoms with van der Waals surface area (Å²) in [7, 11) is 0. The van der Waals surface area contributed by atoms with E-state index in [1.54, 1.807) is 4.52 Å². The fourth-order valence-electron chi connectivity index (χ4n) is 2.96. The molecule has 0 saturated carbocycles. The number of nitrogens with zero attached hydrogens (tertiary/aromatic N) is 4. The van der Waals surface area contributed by atoms with Gasteiger partial charge in [-0.15, -0.1) is 5.10 Å². The molecule has 1 fully saturated rings. The van der Waals surface area contributed by atoms with Gasteiger partial charge in [0.2, 0.25) is 5.82 Å². The highest BCUT2D eigenvalue weighted by Gasteiger charge is 2.20. The Labute approximate surface area is 147 Å². The second kappa shape index (κ2) is 7.34. The number of carbonyl (C=O) groups excluding carboxylic acids is 1. The first-order valence-corrected chi connectivity index (χ1v) is 8.46. The molecule has 1 aliphatic rings. The van der Waals surface area contributed by atoms with Crippen molar-refractivity contribution in [2.24, 2.45) is 11.7 Å². The molecular formula is C19H23N5O. The molecule has 1 aromatic carbocycles. The second-order valence-corrected chi connectivity index (χ2v) is 6.44. The number of rotatable bonds is 2. The number of benzene rings is 1. The normalized spacial score (nSPS) is 16.6. The Morgan fingerprint density at radius 1 is 1.20 bits per heavy atom. The highest BCUT2D eigenvalue weighted by atomic mass is 16.1. The quantitative estimate of drug-likeness (QED) is 0.780. The Morgan fingerprint density at radius 3 is 2.36 bits per heavy atom. The van der Waals surface area contributed by atoms with Crippen LogP contribution >= 0.6 is 0 Å². The molecule has 1 unspecified atom stereocenters. The van der Waals surface area contributed by atoms with Crippen molar-refractivity contribution in [3.8, 4) is 0 Å². The van der Waals surface area contributed by atoms with Crippen molar-refractivity contribution in [3.05, 3.63) is 60.0 Å². The van der Waals surface area contributed by atoms with Crippen molar-refractivity contribution in [1.82, 2.24) is 14.6 Å².